The lowest BCUT2D eigenvalue weighted by Crippen LogP contribution is -2.10. The highest BCUT2D eigenvalue weighted by atomic mass is 16.3. The molecule has 11 aromatic carbocycles. The Balaban J connectivity index is 1.11. The van der Waals surface area contributed by atoms with Crippen molar-refractivity contribution >= 4 is 115 Å². The predicted molar refractivity (Wildman–Crippen MR) is 303 cm³/mol. The maximum Gasteiger partial charge on any atom is 0.166 e. The van der Waals surface area contributed by atoms with E-state index >= 15 is 0 Å². The van der Waals surface area contributed by atoms with E-state index in [1.165, 1.54) is 54.0 Å². The molecule has 0 spiro atoms. The average molecular weight is 921 g/mol. The van der Waals surface area contributed by atoms with Crippen LogP contribution >= 0.6 is 0 Å². The maximum atomic E-state index is 7.19. The van der Waals surface area contributed by atoms with Crippen LogP contribution in [-0.2, 0) is 0 Å². The number of amidine groups is 1. The van der Waals surface area contributed by atoms with Crippen LogP contribution < -0.4 is 0 Å². The molecule has 0 N–H and O–H groups in total. The van der Waals surface area contributed by atoms with Crippen molar-refractivity contribution in [2.75, 3.05) is 0 Å². The molecule has 0 bridgehead atoms. The minimum Gasteiger partial charge on any atom is -0.455 e. The molecular weight excluding hydrogens is 877 g/mol. The van der Waals surface area contributed by atoms with E-state index in [2.05, 4.69) is 241 Å². The molecule has 5 nitrogen and oxygen atoms in total. The first kappa shape index (κ1) is 40.6. The second-order valence-electron chi connectivity index (χ2n) is 19.1. The van der Waals surface area contributed by atoms with Gasteiger partial charge in [-0.05, 0) is 105 Å². The molecule has 15 rings (SSSR count). The minimum atomic E-state index is 0.604. The number of fused-ring (bicyclic) bond motifs is 12. The predicted octanol–water partition coefficient (Wildman–Crippen LogP) is 17.7. The second kappa shape index (κ2) is 15.9. The van der Waals surface area contributed by atoms with Crippen molar-refractivity contribution in [3.05, 3.63) is 247 Å². The fraction of sp³-hybridized carbons (Fsp3) is 0.0448. The summed E-state index contributed by atoms with van der Waals surface area (Å²) in [5.74, 6) is 0.604. The van der Waals surface area contributed by atoms with Gasteiger partial charge in [0.2, 0.25) is 0 Å². The van der Waals surface area contributed by atoms with Crippen molar-refractivity contribution in [3.8, 4) is 11.4 Å². The number of hydrogen-bond donors (Lipinski definition) is 0. The van der Waals surface area contributed by atoms with Crippen LogP contribution in [0.4, 0.5) is 0 Å². The normalized spacial score (nSPS) is 13.5. The molecule has 0 saturated heterocycles. The standard InChI is InChI=1S/C67H44N4O/c1-2-41-38-57(49-29-16-23-42-18-10-11-26-48(42)49)68-67(69-64(41)54-31-17-30-52-50-27-12-14-32-58(50)70(65(52)54)47-24-4-3-5-25-47)63-59(35-34-53-51-28-13-15-33-62(51)72-66(53)63)71-60-39-45-21-8-6-19-43(45)36-55(60)56-37-44-20-7-9-22-46(44)40-61(56)71/h3-37,39-40H,2,38H2,1H3. The first-order valence-electron chi connectivity index (χ1n) is 24.9. The summed E-state index contributed by atoms with van der Waals surface area (Å²) in [6, 6.07) is 81.1. The van der Waals surface area contributed by atoms with Crippen molar-refractivity contribution in [2.45, 2.75) is 19.8 Å². The highest BCUT2D eigenvalue weighted by molar-refractivity contribution is 6.26. The van der Waals surface area contributed by atoms with E-state index in [-0.39, 0.29) is 0 Å². The molecule has 3 aromatic heterocycles. The van der Waals surface area contributed by atoms with Crippen LogP contribution in [0.5, 0.6) is 0 Å². The van der Waals surface area contributed by atoms with Crippen LogP contribution in [-0.4, -0.2) is 20.7 Å². The van der Waals surface area contributed by atoms with Gasteiger partial charge in [-0.25, -0.2) is 9.98 Å². The van der Waals surface area contributed by atoms with Gasteiger partial charge in [0.05, 0.1) is 44.7 Å². The van der Waals surface area contributed by atoms with Gasteiger partial charge in [-0.1, -0.05) is 171 Å². The third-order valence-electron chi connectivity index (χ3n) is 15.2. The number of benzene rings is 11. The van der Waals surface area contributed by atoms with Crippen molar-refractivity contribution < 1.29 is 4.42 Å². The highest BCUT2D eigenvalue weighted by Gasteiger charge is 2.29. The zero-order valence-corrected chi connectivity index (χ0v) is 39.5. The van der Waals surface area contributed by atoms with E-state index in [9.17, 15) is 0 Å². The number of rotatable bonds is 6. The Morgan fingerprint density at radius 3 is 1.75 bits per heavy atom. The molecule has 338 valence electrons. The van der Waals surface area contributed by atoms with Gasteiger partial charge in [0, 0.05) is 55.6 Å². The lowest BCUT2D eigenvalue weighted by Gasteiger charge is -2.16. The summed E-state index contributed by atoms with van der Waals surface area (Å²) in [7, 11) is 0. The maximum absolute atomic E-state index is 7.19. The Kier molecular flexibility index (Phi) is 8.93. The number of nitrogens with zero attached hydrogens (tertiary/aromatic N) is 4. The minimum absolute atomic E-state index is 0.604. The first-order valence-corrected chi connectivity index (χ1v) is 24.9. The lowest BCUT2D eigenvalue weighted by molar-refractivity contribution is 0.667. The molecule has 14 aromatic rings. The van der Waals surface area contributed by atoms with Gasteiger partial charge in [0.25, 0.3) is 0 Å². The second-order valence-corrected chi connectivity index (χ2v) is 19.1. The van der Waals surface area contributed by atoms with Crippen molar-refractivity contribution in [3.63, 3.8) is 0 Å². The zero-order chi connectivity index (χ0) is 47.4. The van der Waals surface area contributed by atoms with E-state index in [0.717, 1.165) is 95.3 Å². The molecule has 0 atom stereocenters. The van der Waals surface area contributed by atoms with Crippen LogP contribution in [0.1, 0.15) is 36.5 Å². The largest absolute Gasteiger partial charge is 0.455 e. The Morgan fingerprint density at radius 2 is 1.01 bits per heavy atom. The molecule has 0 radical (unpaired) electrons. The van der Waals surface area contributed by atoms with Crippen LogP contribution in [0, 0.1) is 0 Å². The van der Waals surface area contributed by atoms with Gasteiger partial charge in [-0.2, -0.15) is 0 Å². The smallest absolute Gasteiger partial charge is 0.166 e. The molecule has 5 heteroatoms. The summed E-state index contributed by atoms with van der Waals surface area (Å²) in [5.41, 5.74) is 14.2. The molecule has 0 amide bonds. The summed E-state index contributed by atoms with van der Waals surface area (Å²) in [4.78, 5) is 12.0. The number of hydrogen-bond acceptors (Lipinski definition) is 3. The summed E-state index contributed by atoms with van der Waals surface area (Å²) in [6.45, 7) is 2.27. The highest BCUT2D eigenvalue weighted by Crippen LogP contribution is 2.44. The lowest BCUT2D eigenvalue weighted by atomic mass is 9.93. The Labute approximate surface area is 414 Å². The Hall–Kier alpha value is -9.32. The Morgan fingerprint density at radius 1 is 0.431 bits per heavy atom. The number of aliphatic imine (C=N–C) groups is 2. The van der Waals surface area contributed by atoms with Gasteiger partial charge < -0.3 is 13.6 Å². The van der Waals surface area contributed by atoms with Gasteiger partial charge in [0.1, 0.15) is 11.2 Å². The van der Waals surface area contributed by atoms with Crippen LogP contribution in [0.2, 0.25) is 0 Å². The molecule has 4 heterocycles. The number of para-hydroxylation sites is 4. The van der Waals surface area contributed by atoms with Gasteiger partial charge in [-0.3, -0.25) is 0 Å². The molecule has 0 saturated carbocycles. The molecular formula is C67H44N4O. The Bertz CT molecular complexity index is 4600. The summed E-state index contributed by atoms with van der Waals surface area (Å²) in [5, 5.41) is 13.9. The van der Waals surface area contributed by atoms with E-state index in [0.29, 0.717) is 12.3 Å². The first-order chi connectivity index (χ1) is 35.7. The van der Waals surface area contributed by atoms with Crippen LogP contribution in [0.3, 0.4) is 0 Å². The summed E-state index contributed by atoms with van der Waals surface area (Å²) in [6.07, 6.45) is 1.38. The van der Waals surface area contributed by atoms with Crippen molar-refractivity contribution in [1.29, 1.82) is 0 Å². The van der Waals surface area contributed by atoms with E-state index in [1.54, 1.807) is 0 Å². The molecule has 0 unspecified atom stereocenters. The number of furan rings is 1. The topological polar surface area (TPSA) is 47.7 Å². The molecule has 1 aliphatic rings. The van der Waals surface area contributed by atoms with Gasteiger partial charge in [0.15, 0.2) is 5.84 Å². The molecule has 0 fully saturated rings. The van der Waals surface area contributed by atoms with E-state index in [4.69, 9.17) is 14.4 Å². The third-order valence-corrected chi connectivity index (χ3v) is 15.2. The third kappa shape index (κ3) is 6.07. The van der Waals surface area contributed by atoms with E-state index in [1.807, 2.05) is 0 Å². The fourth-order valence-corrected chi connectivity index (χ4v) is 11.8. The monoisotopic (exact) mass is 920 g/mol. The van der Waals surface area contributed by atoms with Crippen molar-refractivity contribution in [2.24, 2.45) is 9.98 Å². The van der Waals surface area contributed by atoms with Crippen LogP contribution in [0.25, 0.3) is 115 Å². The van der Waals surface area contributed by atoms with Crippen LogP contribution in [0.15, 0.2) is 244 Å². The number of allylic oxidation sites excluding steroid dienone is 1. The quantitative estimate of drug-likeness (QED) is 0.164. The number of aromatic nitrogens is 2. The zero-order valence-electron chi connectivity index (χ0n) is 39.5. The fourth-order valence-electron chi connectivity index (χ4n) is 11.8. The van der Waals surface area contributed by atoms with Gasteiger partial charge >= 0.3 is 0 Å². The van der Waals surface area contributed by atoms with E-state index < -0.39 is 0 Å². The SMILES string of the molecule is CCC1=C(c2cccc3c4ccccc4n(-c4ccccc4)c23)N=C(c2c(-n3c4cc5ccccc5cc4c4cc5ccccc5cc43)ccc3c2oc2ccccc23)N=C(c2cccc3ccccc23)C1. The molecule has 72 heavy (non-hydrogen) atoms. The summed E-state index contributed by atoms with van der Waals surface area (Å²) < 4.78 is 12.1. The summed E-state index contributed by atoms with van der Waals surface area (Å²) >= 11 is 0. The van der Waals surface area contributed by atoms with Crippen molar-refractivity contribution in [1.82, 2.24) is 9.13 Å². The average Bonchev–Trinajstić information content (AvgIpc) is 4.03. The molecule has 0 aliphatic carbocycles. The molecule has 1 aliphatic heterocycles. The van der Waals surface area contributed by atoms with Gasteiger partial charge in [-0.15, -0.1) is 0 Å².